The Balaban J connectivity index is 1.87. The number of thioether (sulfide) groups is 1. The van der Waals surface area contributed by atoms with Crippen LogP contribution in [-0.2, 0) is 12.4 Å². The molecule has 0 aliphatic rings. The molecular formula is C18H20N2OS. The molecule has 0 N–H and O–H groups in total. The van der Waals surface area contributed by atoms with Gasteiger partial charge < -0.3 is 4.74 Å². The predicted octanol–water partition coefficient (Wildman–Crippen LogP) is 4.47. The predicted molar refractivity (Wildman–Crippen MR) is 92.5 cm³/mol. The number of ether oxygens (including phenoxy) is 1. The van der Waals surface area contributed by atoms with Crippen molar-refractivity contribution in [2.75, 3.05) is 5.75 Å². The Bertz CT molecular complexity index is 752. The number of benzene rings is 1. The van der Waals surface area contributed by atoms with Gasteiger partial charge >= 0.3 is 0 Å². The van der Waals surface area contributed by atoms with E-state index in [0.717, 1.165) is 34.2 Å². The molecule has 0 bridgehead atoms. The molecule has 0 amide bonds. The second-order valence-corrected chi connectivity index (χ2v) is 6.40. The van der Waals surface area contributed by atoms with E-state index in [0.29, 0.717) is 6.61 Å². The number of aryl methyl sites for hydroxylation is 1. The van der Waals surface area contributed by atoms with Gasteiger partial charge in [-0.05, 0) is 30.4 Å². The minimum Gasteiger partial charge on any atom is -0.485 e. The molecule has 0 aliphatic carbocycles. The third-order valence-electron chi connectivity index (χ3n) is 3.59. The van der Waals surface area contributed by atoms with E-state index in [1.807, 2.05) is 42.1 Å². The summed E-state index contributed by atoms with van der Waals surface area (Å²) in [5.41, 5.74) is 4.40. The van der Waals surface area contributed by atoms with E-state index in [2.05, 4.69) is 36.6 Å². The van der Waals surface area contributed by atoms with E-state index in [-0.39, 0.29) is 0 Å². The van der Waals surface area contributed by atoms with Crippen LogP contribution in [0.2, 0.25) is 0 Å². The second-order valence-electron chi connectivity index (χ2n) is 5.12. The number of pyridine rings is 1. The molecular weight excluding hydrogens is 292 g/mol. The van der Waals surface area contributed by atoms with Gasteiger partial charge in [0.15, 0.2) is 11.4 Å². The standard InChI is InChI=1S/C18H20N2OS/c1-3-22-13-16-14(2)19-18-17(10-7-11-20(16)18)21-12-15-8-5-4-6-9-15/h4-11H,3,12-13H2,1-2H3. The smallest absolute Gasteiger partial charge is 0.180 e. The van der Waals surface area contributed by atoms with Crippen LogP contribution in [0.25, 0.3) is 5.65 Å². The average molecular weight is 312 g/mol. The summed E-state index contributed by atoms with van der Waals surface area (Å²) in [6, 6.07) is 14.2. The Morgan fingerprint density at radius 1 is 1.14 bits per heavy atom. The quantitative estimate of drug-likeness (QED) is 0.671. The maximum atomic E-state index is 5.99. The van der Waals surface area contributed by atoms with Crippen molar-refractivity contribution in [3.8, 4) is 5.75 Å². The lowest BCUT2D eigenvalue weighted by Gasteiger charge is -2.08. The summed E-state index contributed by atoms with van der Waals surface area (Å²) in [4.78, 5) is 4.70. The molecule has 0 atom stereocenters. The van der Waals surface area contributed by atoms with Crippen LogP contribution in [0.15, 0.2) is 48.7 Å². The third-order valence-corrected chi connectivity index (χ3v) is 4.48. The highest BCUT2D eigenvalue weighted by molar-refractivity contribution is 7.98. The van der Waals surface area contributed by atoms with E-state index in [9.17, 15) is 0 Å². The fourth-order valence-electron chi connectivity index (χ4n) is 2.43. The first-order valence-corrected chi connectivity index (χ1v) is 8.66. The van der Waals surface area contributed by atoms with Gasteiger partial charge in [-0.1, -0.05) is 37.3 Å². The SMILES string of the molecule is CCSCc1c(C)nc2c(OCc3ccccc3)cccn12. The zero-order valence-electron chi connectivity index (χ0n) is 13.0. The number of hydrogen-bond acceptors (Lipinski definition) is 3. The van der Waals surface area contributed by atoms with E-state index >= 15 is 0 Å². The summed E-state index contributed by atoms with van der Waals surface area (Å²) in [6.07, 6.45) is 2.07. The molecule has 4 heteroatoms. The molecule has 0 spiro atoms. The van der Waals surface area contributed by atoms with Crippen molar-refractivity contribution in [1.29, 1.82) is 0 Å². The van der Waals surface area contributed by atoms with Gasteiger partial charge in [0, 0.05) is 11.9 Å². The summed E-state index contributed by atoms with van der Waals surface area (Å²) in [5, 5.41) is 0. The fourth-order valence-corrected chi connectivity index (χ4v) is 3.17. The molecule has 3 nitrogen and oxygen atoms in total. The van der Waals surface area contributed by atoms with Crippen molar-refractivity contribution in [3.05, 3.63) is 65.6 Å². The topological polar surface area (TPSA) is 26.5 Å². The summed E-state index contributed by atoms with van der Waals surface area (Å²) in [6.45, 7) is 4.81. The average Bonchev–Trinajstić information content (AvgIpc) is 2.88. The molecule has 3 aromatic rings. The van der Waals surface area contributed by atoms with E-state index < -0.39 is 0 Å². The normalized spacial score (nSPS) is 11.0. The van der Waals surface area contributed by atoms with Gasteiger partial charge in [0.1, 0.15) is 6.61 Å². The third kappa shape index (κ3) is 3.12. The van der Waals surface area contributed by atoms with Gasteiger partial charge in [-0.2, -0.15) is 11.8 Å². The Morgan fingerprint density at radius 2 is 1.95 bits per heavy atom. The number of aromatic nitrogens is 2. The lowest BCUT2D eigenvalue weighted by atomic mass is 10.2. The lowest BCUT2D eigenvalue weighted by Crippen LogP contribution is -1.98. The maximum absolute atomic E-state index is 5.99. The van der Waals surface area contributed by atoms with Crippen molar-refractivity contribution in [3.63, 3.8) is 0 Å². The molecule has 1 aromatic carbocycles. The van der Waals surface area contributed by atoms with Crippen LogP contribution >= 0.6 is 11.8 Å². The molecule has 0 unspecified atom stereocenters. The lowest BCUT2D eigenvalue weighted by molar-refractivity contribution is 0.308. The highest BCUT2D eigenvalue weighted by Crippen LogP contribution is 2.25. The zero-order chi connectivity index (χ0) is 15.4. The summed E-state index contributed by atoms with van der Waals surface area (Å²) < 4.78 is 8.14. The monoisotopic (exact) mass is 312 g/mol. The Hall–Kier alpha value is -1.94. The highest BCUT2D eigenvalue weighted by atomic mass is 32.2. The molecule has 0 aliphatic heterocycles. The molecule has 2 aromatic heterocycles. The van der Waals surface area contributed by atoms with Crippen LogP contribution in [0, 0.1) is 6.92 Å². The minimum atomic E-state index is 0.561. The van der Waals surface area contributed by atoms with Gasteiger partial charge in [-0.15, -0.1) is 0 Å². The molecule has 0 radical (unpaired) electrons. The number of rotatable bonds is 6. The first kappa shape index (κ1) is 15.0. The maximum Gasteiger partial charge on any atom is 0.180 e. The molecule has 0 saturated heterocycles. The first-order valence-electron chi connectivity index (χ1n) is 7.50. The van der Waals surface area contributed by atoms with Crippen LogP contribution in [-0.4, -0.2) is 15.1 Å². The highest BCUT2D eigenvalue weighted by Gasteiger charge is 2.12. The van der Waals surface area contributed by atoms with Crippen molar-refractivity contribution in [2.24, 2.45) is 0 Å². The van der Waals surface area contributed by atoms with Gasteiger partial charge in [0.05, 0.1) is 11.4 Å². The number of fused-ring (bicyclic) bond motifs is 1. The Kier molecular flexibility index (Phi) is 4.68. The van der Waals surface area contributed by atoms with E-state index in [4.69, 9.17) is 9.72 Å². The minimum absolute atomic E-state index is 0.561. The summed E-state index contributed by atoms with van der Waals surface area (Å²) in [7, 11) is 0. The van der Waals surface area contributed by atoms with Crippen LogP contribution in [0.5, 0.6) is 5.75 Å². The fraction of sp³-hybridized carbons (Fsp3) is 0.278. The van der Waals surface area contributed by atoms with Crippen LogP contribution in [0.1, 0.15) is 23.9 Å². The number of imidazole rings is 1. The molecule has 0 saturated carbocycles. The molecule has 2 heterocycles. The van der Waals surface area contributed by atoms with Crippen LogP contribution < -0.4 is 4.74 Å². The zero-order valence-corrected chi connectivity index (χ0v) is 13.8. The molecule has 3 rings (SSSR count). The van der Waals surface area contributed by atoms with Crippen LogP contribution in [0.4, 0.5) is 0 Å². The van der Waals surface area contributed by atoms with Gasteiger partial charge in [-0.3, -0.25) is 4.40 Å². The van der Waals surface area contributed by atoms with E-state index in [1.54, 1.807) is 0 Å². The molecule has 0 fully saturated rings. The van der Waals surface area contributed by atoms with Crippen molar-refractivity contribution < 1.29 is 4.74 Å². The van der Waals surface area contributed by atoms with Gasteiger partial charge in [0.2, 0.25) is 0 Å². The summed E-state index contributed by atoms with van der Waals surface area (Å²) >= 11 is 1.91. The van der Waals surface area contributed by atoms with Gasteiger partial charge in [-0.25, -0.2) is 4.98 Å². The largest absolute Gasteiger partial charge is 0.485 e. The molecule has 22 heavy (non-hydrogen) atoms. The van der Waals surface area contributed by atoms with Crippen LogP contribution in [0.3, 0.4) is 0 Å². The van der Waals surface area contributed by atoms with E-state index in [1.165, 1.54) is 5.69 Å². The van der Waals surface area contributed by atoms with Crippen molar-refractivity contribution in [2.45, 2.75) is 26.2 Å². The Morgan fingerprint density at radius 3 is 2.73 bits per heavy atom. The van der Waals surface area contributed by atoms with Gasteiger partial charge in [0.25, 0.3) is 0 Å². The number of nitrogens with zero attached hydrogens (tertiary/aromatic N) is 2. The summed E-state index contributed by atoms with van der Waals surface area (Å²) in [5.74, 6) is 2.92. The Labute approximate surface area is 135 Å². The molecule has 114 valence electrons. The van der Waals surface area contributed by atoms with Crippen molar-refractivity contribution in [1.82, 2.24) is 9.38 Å². The first-order chi connectivity index (χ1) is 10.8. The van der Waals surface area contributed by atoms with Crippen molar-refractivity contribution >= 4 is 17.4 Å². The number of hydrogen-bond donors (Lipinski definition) is 0. The second kappa shape index (κ2) is 6.88.